The number of nitrogens with one attached hydrogen (secondary N) is 2. The van der Waals surface area contributed by atoms with E-state index in [2.05, 4.69) is 39.0 Å². The molecule has 8 nitrogen and oxygen atoms in total. The van der Waals surface area contributed by atoms with E-state index in [9.17, 15) is 0 Å². The van der Waals surface area contributed by atoms with Crippen LogP contribution in [0.4, 0.5) is 5.82 Å². The van der Waals surface area contributed by atoms with Gasteiger partial charge < -0.3 is 24.3 Å². The van der Waals surface area contributed by atoms with Gasteiger partial charge in [0, 0.05) is 40.5 Å². The fourth-order valence-electron chi connectivity index (χ4n) is 4.29. The van der Waals surface area contributed by atoms with Crippen LogP contribution < -0.4 is 20.1 Å². The molecule has 1 atom stereocenters. The lowest BCUT2D eigenvalue weighted by molar-refractivity contribution is -0.130. The molecular weight excluding hydrogens is 492 g/mol. The zero-order valence-electron chi connectivity index (χ0n) is 21.0. The van der Waals surface area contributed by atoms with E-state index in [4.69, 9.17) is 30.5 Å². The van der Waals surface area contributed by atoms with Gasteiger partial charge in [0.05, 0.1) is 33.1 Å². The SMILES string of the molecule is COc1ccc(CNc2nnc(C)c3cc(-c4ccc(COC5NCCO5)c(Cl)c4)ccc23)c(OC)c1. The monoisotopic (exact) mass is 520 g/mol. The number of hydrogen-bond acceptors (Lipinski definition) is 8. The van der Waals surface area contributed by atoms with Gasteiger partial charge in [-0.05, 0) is 53.9 Å². The molecular formula is C28H29ClN4O4. The van der Waals surface area contributed by atoms with Gasteiger partial charge in [-0.25, -0.2) is 0 Å². The molecule has 0 amide bonds. The highest BCUT2D eigenvalue weighted by molar-refractivity contribution is 6.31. The van der Waals surface area contributed by atoms with Crippen LogP contribution in [0.15, 0.2) is 54.6 Å². The zero-order chi connectivity index (χ0) is 25.8. The summed E-state index contributed by atoms with van der Waals surface area (Å²) in [6, 6.07) is 18.0. The van der Waals surface area contributed by atoms with Gasteiger partial charge in [0.2, 0.25) is 6.41 Å². The summed E-state index contributed by atoms with van der Waals surface area (Å²) in [5.74, 6) is 2.20. The minimum absolute atomic E-state index is 0.372. The molecule has 1 fully saturated rings. The number of methoxy groups -OCH3 is 2. The molecule has 0 aliphatic carbocycles. The standard InChI is InChI=1S/C28H29ClN4O4/c1-17-24-12-18(19-4-5-21(25(29)13-19)16-37-28-30-10-11-36-28)7-9-23(24)27(33-32-17)31-15-20-6-8-22(34-2)14-26(20)35-3/h4-9,12-14,28,30H,10-11,15-16H2,1-3H3,(H,31,33). The second-order valence-electron chi connectivity index (χ2n) is 8.70. The third-order valence-corrected chi connectivity index (χ3v) is 6.72. The van der Waals surface area contributed by atoms with E-state index in [1.54, 1.807) is 14.2 Å². The number of anilines is 1. The smallest absolute Gasteiger partial charge is 0.216 e. The number of hydrogen-bond donors (Lipinski definition) is 2. The Morgan fingerprint density at radius 2 is 1.78 bits per heavy atom. The van der Waals surface area contributed by atoms with Crippen molar-refractivity contribution in [2.75, 3.05) is 32.7 Å². The van der Waals surface area contributed by atoms with Crippen LogP contribution in [0.2, 0.25) is 5.02 Å². The largest absolute Gasteiger partial charge is 0.497 e. The molecule has 0 radical (unpaired) electrons. The summed E-state index contributed by atoms with van der Waals surface area (Å²) < 4.78 is 22.0. The van der Waals surface area contributed by atoms with Crippen molar-refractivity contribution in [3.8, 4) is 22.6 Å². The van der Waals surface area contributed by atoms with Crippen LogP contribution in [-0.4, -0.2) is 44.0 Å². The van der Waals surface area contributed by atoms with Gasteiger partial charge in [-0.1, -0.05) is 29.8 Å². The Morgan fingerprint density at radius 1 is 0.973 bits per heavy atom. The van der Waals surface area contributed by atoms with E-state index in [-0.39, 0.29) is 6.41 Å². The van der Waals surface area contributed by atoms with E-state index in [1.165, 1.54) is 0 Å². The number of rotatable bonds is 9. The second-order valence-corrected chi connectivity index (χ2v) is 9.11. The van der Waals surface area contributed by atoms with Crippen LogP contribution in [0.5, 0.6) is 11.5 Å². The topological polar surface area (TPSA) is 86.8 Å². The predicted octanol–water partition coefficient (Wildman–Crippen LogP) is 5.31. The molecule has 0 spiro atoms. The van der Waals surface area contributed by atoms with Gasteiger partial charge in [0.15, 0.2) is 5.82 Å². The summed E-state index contributed by atoms with van der Waals surface area (Å²) in [4.78, 5) is 0. The Hall–Kier alpha value is -3.43. The fourth-order valence-corrected chi connectivity index (χ4v) is 4.52. The van der Waals surface area contributed by atoms with Crippen molar-refractivity contribution in [1.29, 1.82) is 0 Å². The van der Waals surface area contributed by atoms with Gasteiger partial charge in [0.25, 0.3) is 0 Å². The maximum atomic E-state index is 6.59. The first-order chi connectivity index (χ1) is 18.1. The van der Waals surface area contributed by atoms with E-state index in [0.717, 1.165) is 56.8 Å². The lowest BCUT2D eigenvalue weighted by atomic mass is 10.00. The van der Waals surface area contributed by atoms with E-state index >= 15 is 0 Å². The molecule has 1 saturated heterocycles. The van der Waals surface area contributed by atoms with Crippen LogP contribution in [0, 0.1) is 6.92 Å². The van der Waals surface area contributed by atoms with Crippen molar-refractivity contribution < 1.29 is 18.9 Å². The minimum atomic E-state index is -0.381. The molecule has 0 bridgehead atoms. The Balaban J connectivity index is 1.36. The second kappa shape index (κ2) is 11.3. The molecule has 4 aromatic rings. The van der Waals surface area contributed by atoms with Gasteiger partial charge in [-0.3, -0.25) is 5.32 Å². The quantitative estimate of drug-likeness (QED) is 0.307. The molecule has 192 valence electrons. The average molecular weight is 521 g/mol. The van der Waals surface area contributed by atoms with Gasteiger partial charge >= 0.3 is 0 Å². The van der Waals surface area contributed by atoms with Crippen molar-refractivity contribution in [1.82, 2.24) is 15.5 Å². The summed E-state index contributed by atoms with van der Waals surface area (Å²) in [6.45, 7) is 4.30. The summed E-state index contributed by atoms with van der Waals surface area (Å²) in [7, 11) is 3.28. The van der Waals surface area contributed by atoms with Crippen LogP contribution in [-0.2, 0) is 22.6 Å². The maximum absolute atomic E-state index is 6.59. The molecule has 2 heterocycles. The molecule has 1 aliphatic rings. The zero-order valence-corrected chi connectivity index (χ0v) is 21.8. The fraction of sp³-hybridized carbons (Fsp3) is 0.286. The Kier molecular flexibility index (Phi) is 7.71. The maximum Gasteiger partial charge on any atom is 0.216 e. The first-order valence-corrected chi connectivity index (χ1v) is 12.4. The number of aromatic nitrogens is 2. The first kappa shape index (κ1) is 25.2. The summed E-state index contributed by atoms with van der Waals surface area (Å²) in [5.41, 5.74) is 4.81. The van der Waals surface area contributed by atoms with Crippen LogP contribution in [0.3, 0.4) is 0 Å². The Morgan fingerprint density at radius 3 is 2.54 bits per heavy atom. The van der Waals surface area contributed by atoms with Crippen molar-refractivity contribution in [3.63, 3.8) is 0 Å². The molecule has 0 saturated carbocycles. The first-order valence-electron chi connectivity index (χ1n) is 12.0. The lowest BCUT2D eigenvalue weighted by Gasteiger charge is -2.14. The minimum Gasteiger partial charge on any atom is -0.497 e. The number of ether oxygens (including phenoxy) is 4. The molecule has 1 aromatic heterocycles. The average Bonchev–Trinajstić information content (AvgIpc) is 3.45. The molecule has 1 aliphatic heterocycles. The van der Waals surface area contributed by atoms with Gasteiger partial charge in [-0.15, -0.1) is 5.10 Å². The van der Waals surface area contributed by atoms with Crippen molar-refractivity contribution in [2.24, 2.45) is 0 Å². The van der Waals surface area contributed by atoms with E-state index in [1.807, 2.05) is 43.3 Å². The van der Waals surface area contributed by atoms with E-state index < -0.39 is 0 Å². The highest BCUT2D eigenvalue weighted by atomic mass is 35.5. The summed E-state index contributed by atoms with van der Waals surface area (Å²) in [5, 5.41) is 18.0. The normalized spacial score (nSPS) is 15.2. The Bertz CT molecular complexity index is 1410. The molecule has 2 N–H and O–H groups in total. The summed E-state index contributed by atoms with van der Waals surface area (Å²) >= 11 is 6.59. The molecule has 1 unspecified atom stereocenters. The van der Waals surface area contributed by atoms with Crippen molar-refractivity contribution >= 4 is 28.2 Å². The van der Waals surface area contributed by atoms with Crippen LogP contribution >= 0.6 is 11.6 Å². The third-order valence-electron chi connectivity index (χ3n) is 6.36. The number of benzene rings is 3. The predicted molar refractivity (Wildman–Crippen MR) is 144 cm³/mol. The molecule has 9 heteroatoms. The lowest BCUT2D eigenvalue weighted by Crippen LogP contribution is -2.25. The number of nitrogens with zero attached hydrogens (tertiary/aromatic N) is 2. The van der Waals surface area contributed by atoms with Crippen molar-refractivity contribution in [3.05, 3.63) is 76.4 Å². The number of aryl methyl sites for hydroxylation is 1. The highest BCUT2D eigenvalue weighted by Gasteiger charge is 2.16. The number of halogens is 1. The molecule has 3 aromatic carbocycles. The third kappa shape index (κ3) is 5.62. The van der Waals surface area contributed by atoms with Crippen LogP contribution in [0.1, 0.15) is 16.8 Å². The molecule has 37 heavy (non-hydrogen) atoms. The summed E-state index contributed by atoms with van der Waals surface area (Å²) in [6.07, 6.45) is -0.381. The highest BCUT2D eigenvalue weighted by Crippen LogP contribution is 2.32. The van der Waals surface area contributed by atoms with Gasteiger partial charge in [-0.2, -0.15) is 5.10 Å². The Labute approximate surface area is 220 Å². The van der Waals surface area contributed by atoms with E-state index in [0.29, 0.717) is 30.6 Å². The van der Waals surface area contributed by atoms with Crippen molar-refractivity contribution in [2.45, 2.75) is 26.5 Å². The number of fused-ring (bicyclic) bond motifs is 1. The molecule has 5 rings (SSSR count). The van der Waals surface area contributed by atoms with Gasteiger partial charge in [0.1, 0.15) is 11.5 Å². The van der Waals surface area contributed by atoms with Crippen LogP contribution in [0.25, 0.3) is 21.9 Å².